The first kappa shape index (κ1) is 23.3. The molecule has 0 radical (unpaired) electrons. The molecule has 1 fully saturated rings. The van der Waals surface area contributed by atoms with Crippen LogP contribution in [0.3, 0.4) is 0 Å². The quantitative estimate of drug-likeness (QED) is 0.697. The number of ether oxygens (including phenoxy) is 1. The Morgan fingerprint density at radius 2 is 1.71 bits per heavy atom. The van der Waals surface area contributed by atoms with E-state index in [-0.39, 0.29) is 11.9 Å². The molecule has 0 saturated carbocycles. The molecule has 1 aliphatic rings. The van der Waals surface area contributed by atoms with Crippen LogP contribution in [0.1, 0.15) is 49.4 Å². The van der Waals surface area contributed by atoms with Crippen LogP contribution in [0.2, 0.25) is 0 Å². The Hall–Kier alpha value is -2.37. The topological polar surface area (TPSA) is 44.8 Å². The lowest BCUT2D eigenvalue weighted by atomic mass is 9.98. The van der Waals surface area contributed by atoms with Crippen molar-refractivity contribution >= 4 is 5.91 Å². The first-order chi connectivity index (χ1) is 14.8. The van der Waals surface area contributed by atoms with E-state index >= 15 is 0 Å². The largest absolute Gasteiger partial charge is 0.481 e. The number of nitrogens with zero attached hydrogens (tertiary/aromatic N) is 2. The maximum absolute atomic E-state index is 13.0. The molecule has 1 N–H and O–H groups in total. The van der Waals surface area contributed by atoms with Gasteiger partial charge in [0.15, 0.2) is 6.10 Å². The van der Waals surface area contributed by atoms with Crippen LogP contribution in [0.15, 0.2) is 48.5 Å². The van der Waals surface area contributed by atoms with Crippen LogP contribution in [0, 0.1) is 6.92 Å². The molecule has 1 heterocycles. The van der Waals surface area contributed by atoms with Gasteiger partial charge in [-0.05, 0) is 55.6 Å². The van der Waals surface area contributed by atoms with Crippen molar-refractivity contribution in [3.05, 3.63) is 65.2 Å². The number of piperazine rings is 1. The van der Waals surface area contributed by atoms with Gasteiger partial charge < -0.3 is 15.0 Å². The number of carbonyl (C=O) groups excluding carboxylic acids is 1. The average molecular weight is 424 g/mol. The van der Waals surface area contributed by atoms with Crippen LogP contribution in [0.5, 0.6) is 5.75 Å². The maximum Gasteiger partial charge on any atom is 0.261 e. The fourth-order valence-electron chi connectivity index (χ4n) is 4.12. The van der Waals surface area contributed by atoms with Gasteiger partial charge in [-0.1, -0.05) is 50.2 Å². The summed E-state index contributed by atoms with van der Waals surface area (Å²) in [6.07, 6.45) is -0.567. The fourth-order valence-corrected chi connectivity index (χ4v) is 4.12. The van der Waals surface area contributed by atoms with E-state index in [2.05, 4.69) is 61.1 Å². The van der Waals surface area contributed by atoms with Gasteiger partial charge in [0.1, 0.15) is 5.75 Å². The molecule has 2 aromatic rings. The van der Waals surface area contributed by atoms with E-state index < -0.39 is 6.10 Å². The van der Waals surface area contributed by atoms with Gasteiger partial charge in [-0.15, -0.1) is 0 Å². The number of aryl methyl sites for hydroxylation is 1. The second kappa shape index (κ2) is 10.8. The van der Waals surface area contributed by atoms with E-state index in [9.17, 15) is 4.79 Å². The highest BCUT2D eigenvalue weighted by Gasteiger charge is 2.24. The van der Waals surface area contributed by atoms with Gasteiger partial charge in [0.05, 0.1) is 6.04 Å². The van der Waals surface area contributed by atoms with Crippen molar-refractivity contribution in [2.24, 2.45) is 0 Å². The zero-order valence-electron chi connectivity index (χ0n) is 19.6. The van der Waals surface area contributed by atoms with Crippen LogP contribution in [0.4, 0.5) is 0 Å². The summed E-state index contributed by atoms with van der Waals surface area (Å²) in [7, 11) is 2.15. The molecule has 0 aliphatic carbocycles. The normalized spacial score (nSPS) is 17.4. The standard InChI is InChI=1S/C26H37N3O2/c1-19(2)24-12-11-23(17-20(24)3)31-21(4)26(30)27-25(22-9-7-6-8-10-22)18-29-15-13-28(5)14-16-29/h6-12,17,19,21,25H,13-16,18H2,1-5H3,(H,27,30). The molecule has 2 aromatic carbocycles. The molecule has 3 rings (SSSR count). The Morgan fingerprint density at radius 3 is 2.32 bits per heavy atom. The highest BCUT2D eigenvalue weighted by atomic mass is 16.5. The molecule has 2 unspecified atom stereocenters. The minimum Gasteiger partial charge on any atom is -0.481 e. The second-order valence-corrected chi connectivity index (χ2v) is 9.01. The fraction of sp³-hybridized carbons (Fsp3) is 0.500. The SMILES string of the molecule is Cc1cc(OC(C)C(=O)NC(CN2CCN(C)CC2)c2ccccc2)ccc1C(C)C. The van der Waals surface area contributed by atoms with Crippen LogP contribution < -0.4 is 10.1 Å². The van der Waals surface area contributed by atoms with Crippen molar-refractivity contribution in [2.75, 3.05) is 39.8 Å². The van der Waals surface area contributed by atoms with E-state index in [4.69, 9.17) is 4.74 Å². The number of carbonyl (C=O) groups is 1. The Morgan fingerprint density at radius 1 is 1.03 bits per heavy atom. The first-order valence-corrected chi connectivity index (χ1v) is 11.4. The van der Waals surface area contributed by atoms with Crippen LogP contribution >= 0.6 is 0 Å². The third-order valence-electron chi connectivity index (χ3n) is 6.10. The molecular weight excluding hydrogens is 386 g/mol. The predicted octanol–water partition coefficient (Wildman–Crippen LogP) is 3.99. The molecule has 5 nitrogen and oxygen atoms in total. The van der Waals surface area contributed by atoms with Gasteiger partial charge in [-0.2, -0.15) is 0 Å². The van der Waals surface area contributed by atoms with Crippen molar-refractivity contribution in [1.82, 2.24) is 15.1 Å². The molecule has 0 aromatic heterocycles. The van der Waals surface area contributed by atoms with Crippen molar-refractivity contribution in [3.63, 3.8) is 0 Å². The summed E-state index contributed by atoms with van der Waals surface area (Å²) in [5.41, 5.74) is 3.62. The molecule has 0 spiro atoms. The predicted molar refractivity (Wildman–Crippen MR) is 127 cm³/mol. The minimum absolute atomic E-state index is 0.0618. The third-order valence-corrected chi connectivity index (χ3v) is 6.10. The Bertz CT molecular complexity index is 845. The van der Waals surface area contributed by atoms with E-state index in [1.54, 1.807) is 0 Å². The van der Waals surface area contributed by atoms with E-state index in [0.717, 1.165) is 44.0 Å². The Balaban J connectivity index is 1.65. The van der Waals surface area contributed by atoms with Gasteiger partial charge in [-0.25, -0.2) is 0 Å². The second-order valence-electron chi connectivity index (χ2n) is 9.01. The summed E-state index contributed by atoms with van der Waals surface area (Å²) in [4.78, 5) is 17.8. The van der Waals surface area contributed by atoms with Crippen molar-refractivity contribution < 1.29 is 9.53 Å². The lowest BCUT2D eigenvalue weighted by Gasteiger charge is -2.35. The monoisotopic (exact) mass is 423 g/mol. The van der Waals surface area contributed by atoms with E-state index in [1.807, 2.05) is 37.3 Å². The van der Waals surface area contributed by atoms with Crippen molar-refractivity contribution in [3.8, 4) is 5.75 Å². The van der Waals surface area contributed by atoms with Gasteiger partial charge in [0.25, 0.3) is 5.91 Å². The summed E-state index contributed by atoms with van der Waals surface area (Å²) >= 11 is 0. The van der Waals surface area contributed by atoms with Crippen molar-refractivity contribution in [2.45, 2.75) is 45.8 Å². The highest BCUT2D eigenvalue weighted by molar-refractivity contribution is 5.81. The van der Waals surface area contributed by atoms with Gasteiger partial charge in [0, 0.05) is 32.7 Å². The number of benzene rings is 2. The Kier molecular flexibility index (Phi) is 8.10. The molecule has 168 valence electrons. The number of hydrogen-bond donors (Lipinski definition) is 1. The van der Waals surface area contributed by atoms with Gasteiger partial charge >= 0.3 is 0 Å². The molecule has 1 amide bonds. The Labute approximate surface area is 187 Å². The molecule has 2 atom stereocenters. The smallest absolute Gasteiger partial charge is 0.261 e. The maximum atomic E-state index is 13.0. The average Bonchev–Trinajstić information content (AvgIpc) is 2.75. The molecule has 1 aliphatic heterocycles. The van der Waals surface area contributed by atoms with Crippen molar-refractivity contribution in [1.29, 1.82) is 0 Å². The number of amides is 1. The summed E-state index contributed by atoms with van der Waals surface area (Å²) in [6.45, 7) is 13.2. The van der Waals surface area contributed by atoms with Crippen LogP contribution in [-0.4, -0.2) is 61.6 Å². The number of nitrogens with one attached hydrogen (secondary N) is 1. The minimum atomic E-state index is -0.567. The molecule has 0 bridgehead atoms. The third kappa shape index (κ3) is 6.55. The van der Waals surface area contributed by atoms with E-state index in [0.29, 0.717) is 5.92 Å². The zero-order chi connectivity index (χ0) is 22.4. The zero-order valence-corrected chi connectivity index (χ0v) is 19.6. The van der Waals surface area contributed by atoms with Gasteiger partial charge in [0.2, 0.25) is 0 Å². The number of likely N-dealkylation sites (N-methyl/N-ethyl adjacent to an activating group) is 1. The molecular formula is C26H37N3O2. The number of hydrogen-bond acceptors (Lipinski definition) is 4. The van der Waals surface area contributed by atoms with E-state index in [1.165, 1.54) is 11.1 Å². The lowest BCUT2D eigenvalue weighted by Crippen LogP contribution is -2.49. The van der Waals surface area contributed by atoms with Gasteiger partial charge in [-0.3, -0.25) is 9.69 Å². The summed E-state index contributed by atoms with van der Waals surface area (Å²) in [5.74, 6) is 1.12. The van der Waals surface area contributed by atoms with Crippen LogP contribution in [-0.2, 0) is 4.79 Å². The first-order valence-electron chi connectivity index (χ1n) is 11.4. The lowest BCUT2D eigenvalue weighted by molar-refractivity contribution is -0.128. The summed E-state index contributed by atoms with van der Waals surface area (Å²) < 4.78 is 6.00. The van der Waals surface area contributed by atoms with Crippen LogP contribution in [0.25, 0.3) is 0 Å². The number of rotatable bonds is 8. The molecule has 5 heteroatoms. The summed E-state index contributed by atoms with van der Waals surface area (Å²) in [5, 5.41) is 3.24. The molecule has 1 saturated heterocycles. The molecule has 31 heavy (non-hydrogen) atoms. The summed E-state index contributed by atoms with van der Waals surface area (Å²) in [6, 6.07) is 16.2. The highest BCUT2D eigenvalue weighted by Crippen LogP contribution is 2.24.